The van der Waals surface area contributed by atoms with Gasteiger partial charge in [-0.1, -0.05) is 6.07 Å². The van der Waals surface area contributed by atoms with Gasteiger partial charge in [-0.3, -0.25) is 19.1 Å². The lowest BCUT2D eigenvalue weighted by molar-refractivity contribution is 0.0942. The summed E-state index contributed by atoms with van der Waals surface area (Å²) in [4.78, 5) is 18.9. The maximum absolute atomic E-state index is 12.3. The molecule has 1 aliphatic heterocycles. The Balaban J connectivity index is 1.52. The summed E-state index contributed by atoms with van der Waals surface area (Å²) in [6.07, 6.45) is 6.60. The van der Waals surface area contributed by atoms with Gasteiger partial charge in [-0.25, -0.2) is 0 Å². The summed E-state index contributed by atoms with van der Waals surface area (Å²) < 4.78 is 1.97. The Morgan fingerprint density at radius 3 is 2.96 bits per heavy atom. The molecular weight excluding hydrogens is 340 g/mol. The van der Waals surface area contributed by atoms with Gasteiger partial charge < -0.3 is 5.32 Å². The molecule has 4 rings (SSSR count). The van der Waals surface area contributed by atoms with E-state index in [1.165, 1.54) is 5.56 Å². The number of hydrogen-bond acceptors (Lipinski definition) is 5. The van der Waals surface area contributed by atoms with Gasteiger partial charge in [0, 0.05) is 43.6 Å². The second kappa shape index (κ2) is 7.44. The van der Waals surface area contributed by atoms with E-state index in [0.29, 0.717) is 11.5 Å². The van der Waals surface area contributed by atoms with Gasteiger partial charge in [-0.15, -0.1) is 10.2 Å². The molecule has 4 heterocycles. The molecule has 0 saturated carbocycles. The highest BCUT2D eigenvalue weighted by Crippen LogP contribution is 2.27. The predicted octanol–water partition coefficient (Wildman–Crippen LogP) is 2.25. The van der Waals surface area contributed by atoms with Crippen molar-refractivity contribution in [2.24, 2.45) is 0 Å². The van der Waals surface area contributed by atoms with Crippen LogP contribution in [0.3, 0.4) is 0 Å². The van der Waals surface area contributed by atoms with E-state index in [1.807, 2.05) is 42.8 Å². The lowest BCUT2D eigenvalue weighted by atomic mass is 10.1. The molecule has 1 fully saturated rings. The third-order valence-corrected chi connectivity index (χ3v) is 4.88. The Morgan fingerprint density at radius 2 is 2.19 bits per heavy atom. The topological polar surface area (TPSA) is 75.4 Å². The Bertz CT molecular complexity index is 936. The minimum atomic E-state index is -0.0730. The molecular formula is C20H24N6O. The molecule has 1 N–H and O–H groups in total. The fraction of sp³-hybridized carbons (Fsp3) is 0.400. The monoisotopic (exact) mass is 364 g/mol. The summed E-state index contributed by atoms with van der Waals surface area (Å²) in [5, 5.41) is 11.6. The first-order valence-electron chi connectivity index (χ1n) is 9.37. The van der Waals surface area contributed by atoms with Crippen LogP contribution in [-0.2, 0) is 6.54 Å². The second-order valence-electron chi connectivity index (χ2n) is 7.41. The van der Waals surface area contributed by atoms with E-state index in [0.717, 1.165) is 37.5 Å². The number of likely N-dealkylation sites (tertiary alicyclic amines) is 1. The van der Waals surface area contributed by atoms with E-state index in [1.54, 1.807) is 12.3 Å². The van der Waals surface area contributed by atoms with Crippen molar-refractivity contribution in [3.63, 3.8) is 0 Å². The smallest absolute Gasteiger partial charge is 0.252 e. The fourth-order valence-electron chi connectivity index (χ4n) is 3.60. The van der Waals surface area contributed by atoms with Crippen molar-refractivity contribution in [1.29, 1.82) is 0 Å². The van der Waals surface area contributed by atoms with E-state index in [2.05, 4.69) is 31.5 Å². The third-order valence-electron chi connectivity index (χ3n) is 4.88. The van der Waals surface area contributed by atoms with Gasteiger partial charge in [0.25, 0.3) is 5.91 Å². The van der Waals surface area contributed by atoms with Gasteiger partial charge in [-0.05, 0) is 50.6 Å². The van der Waals surface area contributed by atoms with Crippen LogP contribution in [0.25, 0.3) is 5.65 Å². The molecule has 0 aromatic carbocycles. The number of pyridine rings is 2. The van der Waals surface area contributed by atoms with Gasteiger partial charge in [0.05, 0.1) is 5.56 Å². The largest absolute Gasteiger partial charge is 0.350 e. The van der Waals surface area contributed by atoms with Crippen LogP contribution < -0.4 is 5.32 Å². The molecule has 140 valence electrons. The van der Waals surface area contributed by atoms with Crippen LogP contribution in [0.5, 0.6) is 0 Å². The maximum Gasteiger partial charge on any atom is 0.252 e. The fourth-order valence-corrected chi connectivity index (χ4v) is 3.60. The van der Waals surface area contributed by atoms with E-state index >= 15 is 0 Å². The molecule has 7 nitrogen and oxygen atoms in total. The Kier molecular flexibility index (Phi) is 4.85. The van der Waals surface area contributed by atoms with E-state index in [-0.39, 0.29) is 11.9 Å². The molecule has 0 radical (unpaired) electrons. The minimum absolute atomic E-state index is 0.0730. The zero-order valence-electron chi connectivity index (χ0n) is 15.7. The number of rotatable bonds is 5. The standard InChI is InChI=1S/C20H24N6O/c1-14(2)22-20(27)17-5-6-18-23-24-19(26(18)13-17)16-7-9-25(12-16)11-15-4-3-8-21-10-15/h3-6,8,10,13-14,16H,7,9,11-12H2,1-2H3,(H,22,27). The quantitative estimate of drug-likeness (QED) is 0.752. The number of carbonyl (C=O) groups excluding carboxylic acids is 1. The van der Waals surface area contributed by atoms with Crippen LogP contribution in [0.2, 0.25) is 0 Å². The molecule has 1 saturated heterocycles. The zero-order valence-corrected chi connectivity index (χ0v) is 15.7. The van der Waals surface area contributed by atoms with Crippen molar-refractivity contribution >= 4 is 11.6 Å². The molecule has 1 aliphatic rings. The summed E-state index contributed by atoms with van der Waals surface area (Å²) in [6.45, 7) is 6.75. The number of carbonyl (C=O) groups is 1. The number of hydrogen-bond donors (Lipinski definition) is 1. The molecule has 1 amide bonds. The first kappa shape index (κ1) is 17.6. The molecule has 0 spiro atoms. The number of nitrogens with one attached hydrogen (secondary N) is 1. The van der Waals surface area contributed by atoms with Crippen molar-refractivity contribution in [2.45, 2.75) is 38.8 Å². The second-order valence-corrected chi connectivity index (χ2v) is 7.41. The van der Waals surface area contributed by atoms with E-state index in [4.69, 9.17) is 0 Å². The van der Waals surface area contributed by atoms with Crippen LogP contribution in [0.4, 0.5) is 0 Å². The SMILES string of the molecule is CC(C)NC(=O)c1ccc2nnc(C3CCN(Cc4cccnc4)C3)n2c1. The first-order chi connectivity index (χ1) is 13.1. The maximum atomic E-state index is 12.3. The highest BCUT2D eigenvalue weighted by molar-refractivity contribution is 5.94. The molecule has 3 aromatic rings. The number of amides is 1. The van der Waals surface area contributed by atoms with Gasteiger partial charge in [0.1, 0.15) is 5.82 Å². The zero-order chi connectivity index (χ0) is 18.8. The third kappa shape index (κ3) is 3.83. The number of nitrogens with zero attached hydrogens (tertiary/aromatic N) is 5. The van der Waals surface area contributed by atoms with Gasteiger partial charge >= 0.3 is 0 Å². The van der Waals surface area contributed by atoms with E-state index < -0.39 is 0 Å². The Hall–Kier alpha value is -2.80. The van der Waals surface area contributed by atoms with Crippen LogP contribution in [0, 0.1) is 0 Å². The van der Waals surface area contributed by atoms with Crippen LogP contribution in [-0.4, -0.2) is 49.5 Å². The molecule has 0 aliphatic carbocycles. The average molecular weight is 364 g/mol. The Morgan fingerprint density at radius 1 is 1.30 bits per heavy atom. The van der Waals surface area contributed by atoms with Crippen LogP contribution in [0.1, 0.15) is 47.9 Å². The lowest BCUT2D eigenvalue weighted by Gasteiger charge is -2.15. The van der Waals surface area contributed by atoms with Gasteiger partial charge in [0.15, 0.2) is 5.65 Å². The molecule has 1 atom stereocenters. The van der Waals surface area contributed by atoms with Gasteiger partial charge in [0.2, 0.25) is 0 Å². The van der Waals surface area contributed by atoms with Crippen molar-refractivity contribution in [1.82, 2.24) is 29.8 Å². The molecule has 1 unspecified atom stereocenters. The normalized spacial score (nSPS) is 17.7. The average Bonchev–Trinajstić information content (AvgIpc) is 3.28. The van der Waals surface area contributed by atoms with Gasteiger partial charge in [-0.2, -0.15) is 0 Å². The summed E-state index contributed by atoms with van der Waals surface area (Å²) in [5.74, 6) is 1.16. The summed E-state index contributed by atoms with van der Waals surface area (Å²) in [7, 11) is 0. The van der Waals surface area contributed by atoms with E-state index in [9.17, 15) is 4.79 Å². The summed E-state index contributed by atoms with van der Waals surface area (Å²) >= 11 is 0. The highest BCUT2D eigenvalue weighted by atomic mass is 16.1. The molecule has 7 heteroatoms. The summed E-state index contributed by atoms with van der Waals surface area (Å²) in [6, 6.07) is 7.83. The molecule has 27 heavy (non-hydrogen) atoms. The number of fused-ring (bicyclic) bond motifs is 1. The molecule has 3 aromatic heterocycles. The lowest BCUT2D eigenvalue weighted by Crippen LogP contribution is -2.30. The minimum Gasteiger partial charge on any atom is -0.350 e. The van der Waals surface area contributed by atoms with Crippen molar-refractivity contribution in [2.75, 3.05) is 13.1 Å². The van der Waals surface area contributed by atoms with Crippen LogP contribution in [0.15, 0.2) is 42.9 Å². The van der Waals surface area contributed by atoms with Crippen molar-refractivity contribution in [3.05, 3.63) is 59.8 Å². The Labute approximate surface area is 158 Å². The first-order valence-corrected chi connectivity index (χ1v) is 9.37. The van der Waals surface area contributed by atoms with Crippen LogP contribution >= 0.6 is 0 Å². The number of aromatic nitrogens is 4. The van der Waals surface area contributed by atoms with Crippen molar-refractivity contribution < 1.29 is 4.79 Å². The molecule has 0 bridgehead atoms. The highest BCUT2D eigenvalue weighted by Gasteiger charge is 2.28. The van der Waals surface area contributed by atoms with Crippen molar-refractivity contribution in [3.8, 4) is 0 Å². The summed E-state index contributed by atoms with van der Waals surface area (Å²) in [5.41, 5.74) is 2.62. The predicted molar refractivity (Wildman–Crippen MR) is 102 cm³/mol.